The number of nitrogens with zero attached hydrogens (tertiary/aromatic N) is 1. The van der Waals surface area contributed by atoms with Gasteiger partial charge in [-0.3, -0.25) is 10.3 Å². The summed E-state index contributed by atoms with van der Waals surface area (Å²) in [7, 11) is 0. The standard InChI is InChI=1S/C13H11ClN2O4/c14-5-7-19-13(18)16-10-3-4-11(20-12(10)17)9-2-1-6-15-8-9/h1-4,6,8H,5,7H2,(H,16,18). The van der Waals surface area contributed by atoms with Crippen molar-refractivity contribution in [3.8, 4) is 11.3 Å². The minimum Gasteiger partial charge on any atom is -0.448 e. The van der Waals surface area contributed by atoms with Crippen LogP contribution < -0.4 is 10.9 Å². The van der Waals surface area contributed by atoms with Gasteiger partial charge >= 0.3 is 11.7 Å². The molecule has 0 fully saturated rings. The molecular formula is C13H11ClN2O4. The molecule has 2 rings (SSSR count). The van der Waals surface area contributed by atoms with E-state index in [1.54, 1.807) is 30.6 Å². The molecule has 7 heteroatoms. The van der Waals surface area contributed by atoms with Gasteiger partial charge in [-0.2, -0.15) is 0 Å². The summed E-state index contributed by atoms with van der Waals surface area (Å²) < 4.78 is 9.80. The molecule has 1 N–H and O–H groups in total. The Bertz CT molecular complexity index is 642. The summed E-state index contributed by atoms with van der Waals surface area (Å²) in [5, 5.41) is 2.28. The summed E-state index contributed by atoms with van der Waals surface area (Å²) in [6.07, 6.45) is 2.43. The third-order valence-electron chi connectivity index (χ3n) is 2.32. The van der Waals surface area contributed by atoms with Gasteiger partial charge in [0.2, 0.25) is 0 Å². The molecule has 6 nitrogen and oxygen atoms in total. The summed E-state index contributed by atoms with van der Waals surface area (Å²) in [6.45, 7) is 0.0620. The molecule has 0 atom stereocenters. The third-order valence-corrected chi connectivity index (χ3v) is 2.47. The third kappa shape index (κ3) is 3.58. The van der Waals surface area contributed by atoms with Crippen molar-refractivity contribution in [2.45, 2.75) is 0 Å². The fourth-order valence-electron chi connectivity index (χ4n) is 1.45. The molecule has 0 aliphatic rings. The van der Waals surface area contributed by atoms with Crippen molar-refractivity contribution in [3.05, 3.63) is 47.1 Å². The zero-order valence-electron chi connectivity index (χ0n) is 10.3. The predicted molar refractivity (Wildman–Crippen MR) is 73.9 cm³/mol. The average molecular weight is 295 g/mol. The van der Waals surface area contributed by atoms with Crippen molar-refractivity contribution < 1.29 is 13.9 Å². The Hall–Kier alpha value is -2.34. The van der Waals surface area contributed by atoms with Gasteiger partial charge in [0, 0.05) is 18.0 Å². The van der Waals surface area contributed by atoms with Crippen LogP contribution in [-0.4, -0.2) is 23.6 Å². The topological polar surface area (TPSA) is 81.4 Å². The summed E-state index contributed by atoms with van der Waals surface area (Å²) in [4.78, 5) is 27.0. The van der Waals surface area contributed by atoms with Crippen LogP contribution in [-0.2, 0) is 4.74 Å². The first-order valence-corrected chi connectivity index (χ1v) is 6.28. The highest BCUT2D eigenvalue weighted by Gasteiger charge is 2.09. The van der Waals surface area contributed by atoms with E-state index in [-0.39, 0.29) is 18.2 Å². The van der Waals surface area contributed by atoms with Gasteiger partial charge in [-0.05, 0) is 24.3 Å². The Morgan fingerprint density at radius 2 is 2.25 bits per heavy atom. The van der Waals surface area contributed by atoms with E-state index in [9.17, 15) is 9.59 Å². The van der Waals surface area contributed by atoms with Crippen molar-refractivity contribution in [1.82, 2.24) is 4.98 Å². The molecule has 0 saturated heterocycles. The highest BCUT2D eigenvalue weighted by atomic mass is 35.5. The van der Waals surface area contributed by atoms with E-state index >= 15 is 0 Å². The number of hydrogen-bond acceptors (Lipinski definition) is 5. The minimum atomic E-state index is -0.757. The monoisotopic (exact) mass is 294 g/mol. The zero-order chi connectivity index (χ0) is 14.4. The Kier molecular flexibility index (Phi) is 4.73. The van der Waals surface area contributed by atoms with Gasteiger partial charge < -0.3 is 9.15 Å². The Labute approximate surface area is 119 Å². The largest absolute Gasteiger partial charge is 0.448 e. The van der Waals surface area contributed by atoms with Crippen molar-refractivity contribution in [1.29, 1.82) is 0 Å². The molecule has 0 bridgehead atoms. The van der Waals surface area contributed by atoms with Crippen LogP contribution in [0.2, 0.25) is 0 Å². The molecule has 0 aliphatic heterocycles. The van der Waals surface area contributed by atoms with Gasteiger partial charge in [0.15, 0.2) is 0 Å². The van der Waals surface area contributed by atoms with E-state index < -0.39 is 11.7 Å². The molecule has 0 aromatic carbocycles. The molecule has 0 radical (unpaired) electrons. The first kappa shape index (κ1) is 14.1. The Morgan fingerprint density at radius 3 is 2.90 bits per heavy atom. The maximum absolute atomic E-state index is 11.7. The SMILES string of the molecule is O=C(Nc1ccc(-c2cccnc2)oc1=O)OCCCl. The van der Waals surface area contributed by atoms with Gasteiger partial charge in [0.1, 0.15) is 18.1 Å². The van der Waals surface area contributed by atoms with Crippen LogP contribution in [0.3, 0.4) is 0 Å². The lowest BCUT2D eigenvalue weighted by Crippen LogP contribution is -2.19. The van der Waals surface area contributed by atoms with E-state index in [4.69, 9.17) is 20.8 Å². The van der Waals surface area contributed by atoms with Crippen LogP contribution in [0.4, 0.5) is 10.5 Å². The fourth-order valence-corrected chi connectivity index (χ4v) is 1.53. The first-order chi connectivity index (χ1) is 9.70. The number of ether oxygens (including phenoxy) is 1. The molecule has 0 spiro atoms. The lowest BCUT2D eigenvalue weighted by atomic mass is 10.2. The number of anilines is 1. The van der Waals surface area contributed by atoms with E-state index in [2.05, 4.69) is 10.3 Å². The average Bonchev–Trinajstić information content (AvgIpc) is 2.48. The van der Waals surface area contributed by atoms with Gasteiger partial charge in [-0.15, -0.1) is 11.6 Å². The number of aromatic nitrogens is 1. The normalized spacial score (nSPS) is 10.1. The second-order valence-corrected chi connectivity index (χ2v) is 4.07. The molecular weight excluding hydrogens is 284 g/mol. The molecule has 104 valence electrons. The van der Waals surface area contributed by atoms with Gasteiger partial charge in [-0.25, -0.2) is 9.59 Å². The number of nitrogens with one attached hydrogen (secondary N) is 1. The number of carbonyl (C=O) groups is 1. The second-order valence-electron chi connectivity index (χ2n) is 3.69. The van der Waals surface area contributed by atoms with Crippen LogP contribution in [0.25, 0.3) is 11.3 Å². The summed E-state index contributed by atoms with van der Waals surface area (Å²) in [6, 6.07) is 6.49. The highest BCUT2D eigenvalue weighted by Crippen LogP contribution is 2.17. The Morgan fingerprint density at radius 1 is 1.40 bits per heavy atom. The second kappa shape index (κ2) is 6.72. The number of rotatable bonds is 4. The maximum Gasteiger partial charge on any atom is 0.411 e. The van der Waals surface area contributed by atoms with E-state index in [1.807, 2.05) is 0 Å². The fraction of sp³-hybridized carbons (Fsp3) is 0.154. The van der Waals surface area contributed by atoms with Crippen LogP contribution in [0.5, 0.6) is 0 Å². The number of amides is 1. The van der Waals surface area contributed by atoms with Gasteiger partial charge in [-0.1, -0.05) is 0 Å². The summed E-state index contributed by atoms with van der Waals surface area (Å²) in [5.41, 5.74) is -0.00717. The van der Waals surface area contributed by atoms with E-state index in [0.717, 1.165) is 0 Å². The first-order valence-electron chi connectivity index (χ1n) is 5.75. The zero-order valence-corrected chi connectivity index (χ0v) is 11.1. The summed E-state index contributed by atoms with van der Waals surface area (Å²) in [5.74, 6) is 0.546. The van der Waals surface area contributed by atoms with Crippen LogP contribution in [0.15, 0.2) is 45.9 Å². The molecule has 2 heterocycles. The molecule has 0 saturated carbocycles. The van der Waals surface area contributed by atoms with Gasteiger partial charge in [0.05, 0.1) is 5.88 Å². The number of hydrogen-bond donors (Lipinski definition) is 1. The summed E-state index contributed by atoms with van der Waals surface area (Å²) >= 11 is 5.38. The van der Waals surface area contributed by atoms with Crippen molar-refractivity contribution in [2.75, 3.05) is 17.8 Å². The van der Waals surface area contributed by atoms with E-state index in [0.29, 0.717) is 11.3 Å². The van der Waals surface area contributed by atoms with Crippen molar-refractivity contribution in [2.24, 2.45) is 0 Å². The van der Waals surface area contributed by atoms with Crippen molar-refractivity contribution >= 4 is 23.4 Å². The molecule has 2 aromatic rings. The van der Waals surface area contributed by atoms with E-state index in [1.165, 1.54) is 6.07 Å². The quantitative estimate of drug-likeness (QED) is 0.876. The highest BCUT2D eigenvalue weighted by molar-refractivity contribution is 6.18. The lowest BCUT2D eigenvalue weighted by Gasteiger charge is -2.05. The predicted octanol–water partition coefficient (Wildman–Crippen LogP) is 2.49. The molecule has 20 heavy (non-hydrogen) atoms. The number of pyridine rings is 1. The maximum atomic E-state index is 11.7. The smallest absolute Gasteiger partial charge is 0.411 e. The number of alkyl halides is 1. The van der Waals surface area contributed by atoms with Crippen LogP contribution >= 0.6 is 11.6 Å². The number of halogens is 1. The van der Waals surface area contributed by atoms with Gasteiger partial charge in [0.25, 0.3) is 0 Å². The van der Waals surface area contributed by atoms with Crippen molar-refractivity contribution in [3.63, 3.8) is 0 Å². The van der Waals surface area contributed by atoms with Crippen LogP contribution in [0.1, 0.15) is 0 Å². The molecule has 1 amide bonds. The number of carbonyl (C=O) groups excluding carboxylic acids is 1. The lowest BCUT2D eigenvalue weighted by molar-refractivity contribution is 0.168. The molecule has 2 aromatic heterocycles. The minimum absolute atomic E-state index is 0.00258. The van der Waals surface area contributed by atoms with Crippen LogP contribution in [0, 0.1) is 0 Å². The molecule has 0 aliphatic carbocycles. The Balaban J connectivity index is 2.15. The molecule has 0 unspecified atom stereocenters.